The minimum absolute atomic E-state index is 0.311. The summed E-state index contributed by atoms with van der Waals surface area (Å²) in [5.74, 6) is 0.915. The highest BCUT2D eigenvalue weighted by Gasteiger charge is 2.15. The van der Waals surface area contributed by atoms with Gasteiger partial charge >= 0.3 is 6.03 Å². The Hall–Kier alpha value is -3.35. The van der Waals surface area contributed by atoms with Crippen molar-refractivity contribution in [2.75, 3.05) is 35.2 Å². The number of rotatable bonds is 5. The van der Waals surface area contributed by atoms with E-state index < -0.39 is 11.8 Å². The van der Waals surface area contributed by atoms with Crippen LogP contribution in [0.5, 0.6) is 5.75 Å². The highest BCUT2D eigenvalue weighted by Crippen LogP contribution is 2.27. The van der Waals surface area contributed by atoms with Crippen molar-refractivity contribution in [3.8, 4) is 5.75 Å². The lowest BCUT2D eigenvalue weighted by Crippen LogP contribution is -2.30. The number of piperidine rings is 1. The Morgan fingerprint density at radius 3 is 2.70 bits per heavy atom. The molecule has 2 aromatic carbocycles. The maximum absolute atomic E-state index is 14.8. The summed E-state index contributed by atoms with van der Waals surface area (Å²) in [6.45, 7) is 4.26. The summed E-state index contributed by atoms with van der Waals surface area (Å²) in [7, 11) is 0. The molecular formula is C23H25FN4O2. The molecule has 0 bridgehead atoms. The second-order valence-electron chi connectivity index (χ2n) is 7.26. The number of nitrogens with one attached hydrogen (secondary N) is 2. The molecule has 1 aliphatic rings. The number of pyridine rings is 1. The fourth-order valence-corrected chi connectivity index (χ4v) is 3.69. The van der Waals surface area contributed by atoms with E-state index in [0.717, 1.165) is 31.7 Å². The van der Waals surface area contributed by atoms with Crippen molar-refractivity contribution in [3.63, 3.8) is 0 Å². The minimum atomic E-state index is -0.473. The minimum Gasteiger partial charge on any atom is -0.492 e. The van der Waals surface area contributed by atoms with E-state index in [1.165, 1.54) is 12.5 Å². The molecular weight excluding hydrogens is 383 g/mol. The number of amides is 2. The Balaban J connectivity index is 1.51. The third-order valence-corrected chi connectivity index (χ3v) is 5.10. The maximum Gasteiger partial charge on any atom is 0.323 e. The number of anilines is 3. The number of carbonyl (C=O) groups is 1. The fraction of sp³-hybridized carbons (Fsp3) is 0.304. The van der Waals surface area contributed by atoms with Crippen molar-refractivity contribution in [3.05, 3.63) is 54.3 Å². The van der Waals surface area contributed by atoms with E-state index in [1.807, 2.05) is 25.1 Å². The molecule has 7 heteroatoms. The Labute approximate surface area is 175 Å². The van der Waals surface area contributed by atoms with Crippen LogP contribution in [-0.2, 0) is 0 Å². The molecule has 0 spiro atoms. The van der Waals surface area contributed by atoms with E-state index >= 15 is 0 Å². The normalized spacial score (nSPS) is 13.9. The summed E-state index contributed by atoms with van der Waals surface area (Å²) in [5.41, 5.74) is 1.22. The highest BCUT2D eigenvalue weighted by molar-refractivity contribution is 6.01. The lowest BCUT2D eigenvalue weighted by molar-refractivity contribution is 0.262. The van der Waals surface area contributed by atoms with Gasteiger partial charge in [0.15, 0.2) is 5.82 Å². The van der Waals surface area contributed by atoms with Crippen molar-refractivity contribution in [1.29, 1.82) is 0 Å². The number of para-hydroxylation sites is 2. The number of fused-ring (bicyclic) bond motifs is 1. The Bertz CT molecular complexity index is 1050. The second-order valence-corrected chi connectivity index (χ2v) is 7.26. The van der Waals surface area contributed by atoms with Gasteiger partial charge in [-0.1, -0.05) is 12.1 Å². The van der Waals surface area contributed by atoms with Crippen LogP contribution in [-0.4, -0.2) is 30.7 Å². The molecule has 0 aliphatic carbocycles. The molecule has 6 nitrogen and oxygen atoms in total. The van der Waals surface area contributed by atoms with Crippen molar-refractivity contribution in [2.24, 2.45) is 0 Å². The maximum atomic E-state index is 14.8. The average molecular weight is 408 g/mol. The summed E-state index contributed by atoms with van der Waals surface area (Å²) >= 11 is 0. The molecule has 0 unspecified atom stereocenters. The average Bonchev–Trinajstić information content (AvgIpc) is 2.76. The topological polar surface area (TPSA) is 66.5 Å². The first-order chi connectivity index (χ1) is 14.6. The number of ether oxygens (including phenoxy) is 1. The SMILES string of the molecule is CCOc1ccccc1NC(=O)Nc1cc(F)c2nc(N3CCCCC3)ccc2c1. The van der Waals surface area contributed by atoms with Gasteiger partial charge in [0.1, 0.15) is 17.1 Å². The molecule has 2 amide bonds. The van der Waals surface area contributed by atoms with Crippen LogP contribution in [0, 0.1) is 5.82 Å². The van der Waals surface area contributed by atoms with Gasteiger partial charge in [0.25, 0.3) is 0 Å². The molecule has 156 valence electrons. The van der Waals surface area contributed by atoms with Crippen LogP contribution < -0.4 is 20.3 Å². The van der Waals surface area contributed by atoms with Crippen molar-refractivity contribution in [1.82, 2.24) is 4.98 Å². The Morgan fingerprint density at radius 2 is 1.90 bits per heavy atom. The zero-order valence-corrected chi connectivity index (χ0v) is 17.0. The third-order valence-electron chi connectivity index (χ3n) is 5.10. The molecule has 0 atom stereocenters. The van der Waals surface area contributed by atoms with Gasteiger partial charge in [-0.2, -0.15) is 0 Å². The van der Waals surface area contributed by atoms with Crippen molar-refractivity contribution < 1.29 is 13.9 Å². The first-order valence-electron chi connectivity index (χ1n) is 10.3. The first-order valence-corrected chi connectivity index (χ1v) is 10.3. The number of carbonyl (C=O) groups excluding carboxylic acids is 1. The summed E-state index contributed by atoms with van der Waals surface area (Å²) in [6.07, 6.45) is 3.49. The molecule has 0 radical (unpaired) electrons. The fourth-order valence-electron chi connectivity index (χ4n) is 3.69. The highest BCUT2D eigenvalue weighted by atomic mass is 19.1. The van der Waals surface area contributed by atoms with Gasteiger partial charge in [-0.3, -0.25) is 0 Å². The standard InChI is InChI=1S/C23H25FN4O2/c1-2-30-20-9-5-4-8-19(20)26-23(29)25-17-14-16-10-11-21(27-22(16)18(24)15-17)28-12-6-3-7-13-28/h4-5,8-11,14-15H,2-3,6-7,12-13H2,1H3,(H2,25,26,29). The van der Waals surface area contributed by atoms with E-state index in [4.69, 9.17) is 4.74 Å². The van der Waals surface area contributed by atoms with Gasteiger partial charge < -0.3 is 20.3 Å². The molecule has 4 rings (SSSR count). The predicted octanol–water partition coefficient (Wildman–Crippen LogP) is 5.41. The Morgan fingerprint density at radius 1 is 1.10 bits per heavy atom. The molecule has 1 fully saturated rings. The Kier molecular flexibility index (Phi) is 5.97. The van der Waals surface area contributed by atoms with E-state index in [9.17, 15) is 9.18 Å². The monoisotopic (exact) mass is 408 g/mol. The number of benzene rings is 2. The zero-order chi connectivity index (χ0) is 20.9. The summed E-state index contributed by atoms with van der Waals surface area (Å²) in [4.78, 5) is 19.1. The number of aromatic nitrogens is 1. The molecule has 30 heavy (non-hydrogen) atoms. The predicted molar refractivity (Wildman–Crippen MR) is 118 cm³/mol. The molecule has 3 aromatic rings. The van der Waals surface area contributed by atoms with Crippen molar-refractivity contribution in [2.45, 2.75) is 26.2 Å². The van der Waals surface area contributed by atoms with Crippen LogP contribution in [0.25, 0.3) is 10.9 Å². The van der Waals surface area contributed by atoms with E-state index in [-0.39, 0.29) is 0 Å². The molecule has 2 heterocycles. The van der Waals surface area contributed by atoms with Crippen LogP contribution in [0.1, 0.15) is 26.2 Å². The zero-order valence-electron chi connectivity index (χ0n) is 17.0. The lowest BCUT2D eigenvalue weighted by atomic mass is 10.1. The van der Waals surface area contributed by atoms with Gasteiger partial charge in [0, 0.05) is 24.2 Å². The van der Waals surface area contributed by atoms with Gasteiger partial charge in [-0.15, -0.1) is 0 Å². The summed E-state index contributed by atoms with van der Waals surface area (Å²) in [6, 6.07) is 13.5. The second kappa shape index (κ2) is 8.98. The first kappa shape index (κ1) is 19.9. The molecule has 1 aromatic heterocycles. The van der Waals surface area contributed by atoms with E-state index in [1.54, 1.807) is 24.3 Å². The number of urea groups is 1. The van der Waals surface area contributed by atoms with E-state index in [2.05, 4.69) is 20.5 Å². The number of nitrogens with zero attached hydrogens (tertiary/aromatic N) is 2. The largest absolute Gasteiger partial charge is 0.492 e. The molecule has 1 saturated heterocycles. The van der Waals surface area contributed by atoms with Crippen molar-refractivity contribution >= 4 is 34.1 Å². The quantitative estimate of drug-likeness (QED) is 0.593. The molecule has 1 aliphatic heterocycles. The third kappa shape index (κ3) is 4.45. The van der Waals surface area contributed by atoms with Gasteiger partial charge in [0.05, 0.1) is 12.3 Å². The van der Waals surface area contributed by atoms with Gasteiger partial charge in [-0.05, 0) is 62.6 Å². The van der Waals surface area contributed by atoms with Gasteiger partial charge in [0.2, 0.25) is 0 Å². The number of halogens is 1. The smallest absolute Gasteiger partial charge is 0.323 e. The van der Waals surface area contributed by atoms with Crippen LogP contribution in [0.4, 0.5) is 26.4 Å². The molecule has 0 saturated carbocycles. The van der Waals surface area contributed by atoms with Gasteiger partial charge in [-0.25, -0.2) is 14.2 Å². The number of hydrogen-bond acceptors (Lipinski definition) is 4. The van der Waals surface area contributed by atoms with Crippen LogP contribution in [0.2, 0.25) is 0 Å². The van der Waals surface area contributed by atoms with Crippen LogP contribution in [0.3, 0.4) is 0 Å². The number of hydrogen-bond donors (Lipinski definition) is 2. The van der Waals surface area contributed by atoms with E-state index in [0.29, 0.717) is 34.6 Å². The summed E-state index contributed by atoms with van der Waals surface area (Å²) < 4.78 is 20.3. The lowest BCUT2D eigenvalue weighted by Gasteiger charge is -2.27. The molecule has 2 N–H and O–H groups in total. The van der Waals surface area contributed by atoms with Crippen LogP contribution in [0.15, 0.2) is 48.5 Å². The summed E-state index contributed by atoms with van der Waals surface area (Å²) in [5, 5.41) is 6.07. The van der Waals surface area contributed by atoms with Crippen LogP contribution >= 0.6 is 0 Å².